The molecule has 0 radical (unpaired) electrons. The first-order valence-electron chi connectivity index (χ1n) is 10.5. The number of carbonyl (C=O) groups excluding carboxylic acids is 1. The molecule has 0 atom stereocenters. The number of hydrogen-bond acceptors (Lipinski definition) is 3. The van der Waals surface area contributed by atoms with Crippen molar-refractivity contribution in [2.45, 2.75) is 0 Å². The van der Waals surface area contributed by atoms with Gasteiger partial charge in [-0.2, -0.15) is 5.10 Å². The van der Waals surface area contributed by atoms with Gasteiger partial charge in [0.15, 0.2) is 0 Å². The van der Waals surface area contributed by atoms with E-state index in [9.17, 15) is 4.79 Å². The summed E-state index contributed by atoms with van der Waals surface area (Å²) in [5.74, 6) is -0.156. The number of rotatable bonds is 5. The predicted octanol–water partition coefficient (Wildman–Crippen LogP) is 6.70. The summed E-state index contributed by atoms with van der Waals surface area (Å²) in [7, 11) is 0. The highest BCUT2D eigenvalue weighted by Gasteiger charge is 2.16. The van der Waals surface area contributed by atoms with Crippen LogP contribution < -0.4 is 0 Å². The zero-order valence-electron chi connectivity index (χ0n) is 17.3. The Balaban J connectivity index is 1.64. The lowest BCUT2D eigenvalue weighted by Gasteiger charge is -2.07. The zero-order valence-corrected chi connectivity index (χ0v) is 17.3. The normalized spacial score (nSPS) is 11.9. The molecule has 0 unspecified atom stereocenters. The van der Waals surface area contributed by atoms with Crippen molar-refractivity contribution in [1.82, 2.24) is 0 Å². The van der Waals surface area contributed by atoms with E-state index in [1.165, 1.54) is 0 Å². The molecule has 5 aromatic rings. The molecular formula is C29H20N2O. The van der Waals surface area contributed by atoms with Crippen LogP contribution >= 0.6 is 0 Å². The van der Waals surface area contributed by atoms with Gasteiger partial charge in [-0.1, -0.05) is 109 Å². The molecule has 3 nitrogen and oxygen atoms in total. The largest absolute Gasteiger partial charge is 0.287 e. The molecule has 0 aliphatic carbocycles. The second kappa shape index (κ2) is 8.78. The first kappa shape index (κ1) is 19.6. The summed E-state index contributed by atoms with van der Waals surface area (Å²) >= 11 is 0. The van der Waals surface area contributed by atoms with E-state index in [2.05, 4.69) is 40.5 Å². The van der Waals surface area contributed by atoms with Gasteiger partial charge in [-0.05, 0) is 27.6 Å². The third-order valence-corrected chi connectivity index (χ3v) is 5.46. The lowest BCUT2D eigenvalue weighted by Crippen LogP contribution is -2.15. The Kier molecular flexibility index (Phi) is 5.38. The molecule has 0 saturated carbocycles. The molecule has 0 amide bonds. The van der Waals surface area contributed by atoms with E-state index in [1.807, 2.05) is 72.8 Å². The summed E-state index contributed by atoms with van der Waals surface area (Å²) in [6.07, 6.45) is 1.76. The van der Waals surface area contributed by atoms with Crippen LogP contribution in [0.5, 0.6) is 0 Å². The standard InChI is InChI=1S/C29H20N2O/c32-29(22-13-5-2-6-14-22)28(21-11-3-1-4-12-21)31-30-20-27-25-17-9-7-15-23(25)19-24-16-8-10-18-26(24)27/h1-20H. The maximum Gasteiger partial charge on any atom is 0.213 e. The van der Waals surface area contributed by atoms with E-state index in [0.717, 1.165) is 32.7 Å². The second-order valence-electron chi connectivity index (χ2n) is 7.49. The first-order chi connectivity index (χ1) is 15.8. The lowest BCUT2D eigenvalue weighted by atomic mass is 9.97. The number of ketones is 1. The highest BCUT2D eigenvalue weighted by Crippen LogP contribution is 2.27. The molecule has 152 valence electrons. The van der Waals surface area contributed by atoms with Crippen molar-refractivity contribution in [3.8, 4) is 0 Å². The fourth-order valence-corrected chi connectivity index (χ4v) is 3.89. The Morgan fingerprint density at radius 3 is 1.69 bits per heavy atom. The summed E-state index contributed by atoms with van der Waals surface area (Å²) in [6, 6.07) is 37.3. The van der Waals surface area contributed by atoms with Crippen LogP contribution in [-0.2, 0) is 0 Å². The average Bonchev–Trinajstić information content (AvgIpc) is 2.86. The molecule has 0 saturated heterocycles. The van der Waals surface area contributed by atoms with Crippen molar-refractivity contribution in [1.29, 1.82) is 0 Å². The summed E-state index contributed by atoms with van der Waals surface area (Å²) in [4.78, 5) is 13.2. The maximum atomic E-state index is 13.2. The smallest absolute Gasteiger partial charge is 0.213 e. The van der Waals surface area contributed by atoms with Crippen LogP contribution in [0.25, 0.3) is 21.5 Å². The molecular weight excluding hydrogens is 392 g/mol. The van der Waals surface area contributed by atoms with Crippen LogP contribution in [0.4, 0.5) is 0 Å². The van der Waals surface area contributed by atoms with E-state index in [4.69, 9.17) is 0 Å². The van der Waals surface area contributed by atoms with Gasteiger partial charge in [0, 0.05) is 16.7 Å². The summed E-state index contributed by atoms with van der Waals surface area (Å²) in [5.41, 5.74) is 2.63. The summed E-state index contributed by atoms with van der Waals surface area (Å²) in [5, 5.41) is 13.3. The monoisotopic (exact) mass is 412 g/mol. The van der Waals surface area contributed by atoms with Crippen LogP contribution in [0, 0.1) is 0 Å². The van der Waals surface area contributed by atoms with Gasteiger partial charge >= 0.3 is 0 Å². The zero-order chi connectivity index (χ0) is 21.8. The number of hydrogen-bond donors (Lipinski definition) is 0. The molecule has 3 heteroatoms. The minimum absolute atomic E-state index is 0.156. The molecule has 5 aromatic carbocycles. The Morgan fingerprint density at radius 1 is 0.594 bits per heavy atom. The van der Waals surface area contributed by atoms with Crippen LogP contribution in [-0.4, -0.2) is 17.7 Å². The van der Waals surface area contributed by atoms with Gasteiger partial charge in [0.1, 0.15) is 5.71 Å². The van der Waals surface area contributed by atoms with Gasteiger partial charge in [0.25, 0.3) is 0 Å². The Bertz CT molecular complexity index is 1420. The molecule has 0 aromatic heterocycles. The number of Topliss-reactive ketones (excluding diaryl/α,β-unsaturated/α-hetero) is 1. The second-order valence-corrected chi connectivity index (χ2v) is 7.49. The van der Waals surface area contributed by atoms with Crippen LogP contribution in [0.1, 0.15) is 21.5 Å². The van der Waals surface area contributed by atoms with Crippen LogP contribution in [0.2, 0.25) is 0 Å². The van der Waals surface area contributed by atoms with Crippen LogP contribution in [0.15, 0.2) is 125 Å². The first-order valence-corrected chi connectivity index (χ1v) is 10.5. The van der Waals surface area contributed by atoms with E-state index >= 15 is 0 Å². The van der Waals surface area contributed by atoms with Crippen molar-refractivity contribution >= 4 is 39.3 Å². The minimum atomic E-state index is -0.156. The molecule has 0 spiro atoms. The number of nitrogens with zero attached hydrogens (tertiary/aromatic N) is 2. The Morgan fingerprint density at radius 2 is 1.09 bits per heavy atom. The van der Waals surface area contributed by atoms with Gasteiger partial charge < -0.3 is 0 Å². The number of fused-ring (bicyclic) bond motifs is 2. The fraction of sp³-hybridized carbons (Fsp3) is 0. The van der Waals surface area contributed by atoms with Gasteiger partial charge in [-0.25, -0.2) is 0 Å². The third-order valence-electron chi connectivity index (χ3n) is 5.46. The highest BCUT2D eigenvalue weighted by atomic mass is 16.1. The topological polar surface area (TPSA) is 41.8 Å². The molecule has 0 aliphatic rings. The molecule has 0 fully saturated rings. The van der Waals surface area contributed by atoms with Gasteiger partial charge in [0.2, 0.25) is 5.78 Å². The quantitative estimate of drug-likeness (QED) is 0.137. The van der Waals surface area contributed by atoms with Gasteiger partial charge in [0.05, 0.1) is 6.21 Å². The van der Waals surface area contributed by atoms with E-state index in [1.54, 1.807) is 18.3 Å². The number of carbonyl (C=O) groups is 1. The summed E-state index contributed by atoms with van der Waals surface area (Å²) in [6.45, 7) is 0. The molecule has 0 heterocycles. The lowest BCUT2D eigenvalue weighted by molar-refractivity contribution is 0.106. The van der Waals surface area contributed by atoms with E-state index in [0.29, 0.717) is 11.3 Å². The van der Waals surface area contributed by atoms with Crippen molar-refractivity contribution in [3.63, 3.8) is 0 Å². The average molecular weight is 412 g/mol. The fourth-order valence-electron chi connectivity index (χ4n) is 3.89. The SMILES string of the molecule is O=C(C(=NN=Cc1c2ccccc2cc2ccccc12)c1ccccc1)c1ccccc1. The molecule has 0 N–H and O–H groups in total. The van der Waals surface area contributed by atoms with Crippen molar-refractivity contribution < 1.29 is 4.79 Å². The van der Waals surface area contributed by atoms with E-state index < -0.39 is 0 Å². The van der Waals surface area contributed by atoms with Gasteiger partial charge in [-0.3, -0.25) is 4.79 Å². The Hall–Kier alpha value is -4.37. The minimum Gasteiger partial charge on any atom is -0.287 e. The number of benzene rings is 5. The molecule has 32 heavy (non-hydrogen) atoms. The van der Waals surface area contributed by atoms with Crippen molar-refractivity contribution in [3.05, 3.63) is 132 Å². The molecule has 0 bridgehead atoms. The van der Waals surface area contributed by atoms with Gasteiger partial charge in [-0.15, -0.1) is 5.10 Å². The molecule has 0 aliphatic heterocycles. The maximum absolute atomic E-state index is 13.2. The van der Waals surface area contributed by atoms with E-state index in [-0.39, 0.29) is 5.78 Å². The third kappa shape index (κ3) is 3.84. The van der Waals surface area contributed by atoms with Crippen molar-refractivity contribution in [2.75, 3.05) is 0 Å². The predicted molar refractivity (Wildman–Crippen MR) is 133 cm³/mol. The highest BCUT2D eigenvalue weighted by molar-refractivity contribution is 6.51. The van der Waals surface area contributed by atoms with Crippen molar-refractivity contribution in [2.24, 2.45) is 10.2 Å². The van der Waals surface area contributed by atoms with Crippen LogP contribution in [0.3, 0.4) is 0 Å². The molecule has 5 rings (SSSR count). The summed E-state index contributed by atoms with van der Waals surface area (Å²) < 4.78 is 0. The Labute approximate surface area is 186 Å².